The number of carbonyl (C=O) groups is 1. The maximum absolute atomic E-state index is 14.4. The van der Waals surface area contributed by atoms with Crippen LogP contribution in [0.4, 0.5) is 23.2 Å². The van der Waals surface area contributed by atoms with Crippen LogP contribution >= 0.6 is 0 Å². The Hall–Kier alpha value is -4.17. The van der Waals surface area contributed by atoms with E-state index in [1.165, 1.54) is 18.2 Å². The molecule has 0 fully saturated rings. The SMILES string of the molecule is C#Cc1cc(CNC(=O)/C=C\c2ccc(C(F)(F)F)nc2CCc2ccccc2)cc(F)c1NS(C)(=O)=O. The van der Waals surface area contributed by atoms with Crippen molar-refractivity contribution in [2.75, 3.05) is 11.0 Å². The average molecular weight is 546 g/mol. The van der Waals surface area contributed by atoms with E-state index in [-0.39, 0.29) is 35.5 Å². The van der Waals surface area contributed by atoms with Crippen LogP contribution in [0.5, 0.6) is 0 Å². The Morgan fingerprint density at radius 2 is 1.79 bits per heavy atom. The molecule has 0 unspecified atom stereocenters. The number of hydrogen-bond donors (Lipinski definition) is 2. The molecule has 0 saturated heterocycles. The molecule has 2 N–H and O–H groups in total. The number of aromatic nitrogens is 1. The average Bonchev–Trinajstić information content (AvgIpc) is 2.85. The summed E-state index contributed by atoms with van der Waals surface area (Å²) in [7, 11) is -3.77. The van der Waals surface area contributed by atoms with Crippen LogP contribution in [0.15, 0.2) is 60.7 Å². The van der Waals surface area contributed by atoms with Crippen molar-refractivity contribution in [1.82, 2.24) is 10.3 Å². The second-order valence-electron chi connectivity index (χ2n) is 8.29. The first-order valence-electron chi connectivity index (χ1n) is 11.2. The van der Waals surface area contributed by atoms with Gasteiger partial charge in [-0.25, -0.2) is 17.8 Å². The first-order valence-corrected chi connectivity index (χ1v) is 13.1. The Bertz CT molecular complexity index is 1500. The lowest BCUT2D eigenvalue weighted by Gasteiger charge is -2.12. The number of benzene rings is 2. The smallest absolute Gasteiger partial charge is 0.348 e. The van der Waals surface area contributed by atoms with Crippen LogP contribution in [-0.2, 0) is 40.4 Å². The molecule has 2 aromatic carbocycles. The fraction of sp³-hybridized carbons (Fsp3) is 0.185. The van der Waals surface area contributed by atoms with Crippen LogP contribution in [0.25, 0.3) is 6.08 Å². The molecule has 1 heterocycles. The highest BCUT2D eigenvalue weighted by molar-refractivity contribution is 7.92. The molecule has 3 rings (SSSR count). The summed E-state index contributed by atoms with van der Waals surface area (Å²) in [6.45, 7) is -0.139. The van der Waals surface area contributed by atoms with Crippen LogP contribution in [0.2, 0.25) is 0 Å². The number of halogens is 4. The molecule has 0 bridgehead atoms. The lowest BCUT2D eigenvalue weighted by Crippen LogP contribution is -2.21. The van der Waals surface area contributed by atoms with Gasteiger partial charge >= 0.3 is 6.18 Å². The number of amides is 1. The largest absolute Gasteiger partial charge is 0.433 e. The lowest BCUT2D eigenvalue weighted by atomic mass is 10.0. The zero-order valence-electron chi connectivity index (χ0n) is 20.1. The van der Waals surface area contributed by atoms with Crippen molar-refractivity contribution in [2.24, 2.45) is 0 Å². The number of carbonyl (C=O) groups excluding carboxylic acids is 1. The van der Waals surface area contributed by atoms with Gasteiger partial charge in [-0.3, -0.25) is 9.52 Å². The summed E-state index contributed by atoms with van der Waals surface area (Å²) in [6, 6.07) is 13.7. The summed E-state index contributed by atoms with van der Waals surface area (Å²) in [5, 5.41) is 2.53. The normalized spacial score (nSPS) is 11.8. The highest BCUT2D eigenvalue weighted by atomic mass is 32.2. The van der Waals surface area contributed by atoms with E-state index in [4.69, 9.17) is 6.42 Å². The van der Waals surface area contributed by atoms with E-state index >= 15 is 0 Å². The number of rotatable bonds is 9. The maximum Gasteiger partial charge on any atom is 0.433 e. The number of hydrogen-bond acceptors (Lipinski definition) is 4. The van der Waals surface area contributed by atoms with Crippen LogP contribution in [0.1, 0.15) is 33.6 Å². The van der Waals surface area contributed by atoms with Crippen molar-refractivity contribution in [3.63, 3.8) is 0 Å². The molecule has 38 heavy (non-hydrogen) atoms. The second kappa shape index (κ2) is 11.9. The molecule has 0 spiro atoms. The molecule has 6 nitrogen and oxygen atoms in total. The number of pyridine rings is 1. The predicted molar refractivity (Wildman–Crippen MR) is 137 cm³/mol. The Kier molecular flexibility index (Phi) is 8.91. The van der Waals surface area contributed by atoms with E-state index in [0.29, 0.717) is 12.0 Å². The van der Waals surface area contributed by atoms with Crippen molar-refractivity contribution in [1.29, 1.82) is 0 Å². The fourth-order valence-electron chi connectivity index (χ4n) is 3.51. The summed E-state index contributed by atoms with van der Waals surface area (Å²) in [4.78, 5) is 16.2. The number of nitrogens with one attached hydrogen (secondary N) is 2. The second-order valence-corrected chi connectivity index (χ2v) is 10.0. The molecule has 1 amide bonds. The maximum atomic E-state index is 14.4. The minimum absolute atomic E-state index is 0.0471. The van der Waals surface area contributed by atoms with Gasteiger partial charge in [0.1, 0.15) is 11.5 Å². The van der Waals surface area contributed by atoms with Gasteiger partial charge in [-0.1, -0.05) is 42.3 Å². The van der Waals surface area contributed by atoms with Gasteiger partial charge in [0.05, 0.1) is 17.5 Å². The molecule has 1 aromatic heterocycles. The fourth-order valence-corrected chi connectivity index (χ4v) is 4.09. The summed E-state index contributed by atoms with van der Waals surface area (Å²) < 4.78 is 79.0. The third-order valence-electron chi connectivity index (χ3n) is 5.27. The molecular weight excluding hydrogens is 522 g/mol. The first-order chi connectivity index (χ1) is 17.9. The number of aryl methyl sites for hydroxylation is 2. The van der Waals surface area contributed by atoms with Gasteiger partial charge in [0, 0.05) is 18.3 Å². The highest BCUT2D eigenvalue weighted by Gasteiger charge is 2.32. The Morgan fingerprint density at radius 3 is 2.42 bits per heavy atom. The van der Waals surface area contributed by atoms with Crippen molar-refractivity contribution in [3.8, 4) is 12.3 Å². The monoisotopic (exact) mass is 545 g/mol. The molecule has 0 aliphatic carbocycles. The van der Waals surface area contributed by atoms with E-state index in [1.807, 2.05) is 35.1 Å². The van der Waals surface area contributed by atoms with Gasteiger partial charge in [0.2, 0.25) is 15.9 Å². The minimum atomic E-state index is -4.61. The van der Waals surface area contributed by atoms with Gasteiger partial charge in [0.25, 0.3) is 0 Å². The Labute approximate surface area is 217 Å². The molecule has 11 heteroatoms. The summed E-state index contributed by atoms with van der Waals surface area (Å²) in [5.74, 6) is 0.688. The summed E-state index contributed by atoms with van der Waals surface area (Å²) in [6.07, 6.45) is 4.77. The predicted octanol–water partition coefficient (Wildman–Crippen LogP) is 4.71. The number of terminal acetylenes is 1. The van der Waals surface area contributed by atoms with Crippen LogP contribution in [0.3, 0.4) is 0 Å². The van der Waals surface area contributed by atoms with Gasteiger partial charge in [0.15, 0.2) is 0 Å². The molecule has 0 atom stereocenters. The molecular formula is C27H23F4N3O3S. The Balaban J connectivity index is 1.74. The molecule has 0 saturated carbocycles. The van der Waals surface area contributed by atoms with Crippen molar-refractivity contribution in [3.05, 3.63) is 100 Å². The van der Waals surface area contributed by atoms with Crippen molar-refractivity contribution >= 4 is 27.7 Å². The van der Waals surface area contributed by atoms with Crippen molar-refractivity contribution < 1.29 is 30.8 Å². The Morgan fingerprint density at radius 1 is 1.08 bits per heavy atom. The molecule has 0 aliphatic rings. The van der Waals surface area contributed by atoms with E-state index in [1.54, 1.807) is 0 Å². The number of alkyl halides is 3. The van der Waals surface area contributed by atoms with E-state index in [9.17, 15) is 30.8 Å². The number of nitrogens with zero attached hydrogens (tertiary/aromatic N) is 1. The zero-order valence-corrected chi connectivity index (χ0v) is 21.0. The topological polar surface area (TPSA) is 88.2 Å². The molecule has 0 radical (unpaired) electrons. The van der Waals surface area contributed by atoms with Gasteiger partial charge in [-0.05, 0) is 53.8 Å². The van der Waals surface area contributed by atoms with E-state index < -0.39 is 33.6 Å². The van der Waals surface area contributed by atoms with Crippen LogP contribution in [-0.4, -0.2) is 25.6 Å². The van der Waals surface area contributed by atoms with E-state index in [0.717, 1.165) is 30.0 Å². The number of sulfonamides is 1. The van der Waals surface area contributed by atoms with Gasteiger partial charge < -0.3 is 5.32 Å². The van der Waals surface area contributed by atoms with Crippen molar-refractivity contribution in [2.45, 2.75) is 25.6 Å². The minimum Gasteiger partial charge on any atom is -0.348 e. The third-order valence-corrected chi connectivity index (χ3v) is 5.84. The summed E-state index contributed by atoms with van der Waals surface area (Å²) >= 11 is 0. The third kappa shape index (κ3) is 8.18. The van der Waals surface area contributed by atoms with E-state index in [2.05, 4.69) is 16.2 Å². The molecule has 198 valence electrons. The highest BCUT2D eigenvalue weighted by Crippen LogP contribution is 2.29. The van der Waals surface area contributed by atoms with Gasteiger partial charge in [-0.15, -0.1) is 6.42 Å². The number of anilines is 1. The first kappa shape index (κ1) is 28.4. The standard InChI is InChI=1S/C27H23F4N3O3S/c1-3-20-15-19(16-22(28)26(20)34-38(2,36)37)17-32-25(35)14-11-21-10-13-24(27(29,30)31)33-23(21)12-9-18-7-5-4-6-8-18/h1,4-8,10-11,13-16,34H,9,12,17H2,2H3,(H,32,35)/b14-11-. The van der Waals surface area contributed by atoms with Crippen LogP contribution in [0, 0.1) is 18.2 Å². The zero-order chi connectivity index (χ0) is 27.9. The molecule has 0 aliphatic heterocycles. The quantitative estimate of drug-likeness (QED) is 0.232. The van der Waals surface area contributed by atoms with Gasteiger partial charge in [-0.2, -0.15) is 13.2 Å². The lowest BCUT2D eigenvalue weighted by molar-refractivity contribution is -0.141. The summed E-state index contributed by atoms with van der Waals surface area (Å²) in [5.41, 5.74) is 0.286. The van der Waals surface area contributed by atoms with Crippen LogP contribution < -0.4 is 10.0 Å². The molecule has 3 aromatic rings.